The van der Waals surface area contributed by atoms with Crippen molar-refractivity contribution in [3.05, 3.63) is 48.0 Å². The van der Waals surface area contributed by atoms with E-state index in [2.05, 4.69) is 4.98 Å². The molecule has 2 aromatic rings. The molecule has 0 aliphatic rings. The molecule has 0 radical (unpaired) electrons. The maximum absolute atomic E-state index is 12.6. The van der Waals surface area contributed by atoms with Crippen LogP contribution in [0.15, 0.2) is 36.9 Å². The number of nitrogens with two attached hydrogens (primary N) is 1. The number of halogens is 3. The van der Waals surface area contributed by atoms with Crippen molar-refractivity contribution >= 4 is 17.2 Å². The van der Waals surface area contributed by atoms with Crippen LogP contribution in [0.4, 0.5) is 13.2 Å². The SMILES string of the molecule is NC(=S)c1cc(C(F)(F)F)ccc1-n1ccnc1. The summed E-state index contributed by atoms with van der Waals surface area (Å²) in [4.78, 5) is 3.73. The summed E-state index contributed by atoms with van der Waals surface area (Å²) in [6, 6.07) is 3.24. The zero-order valence-corrected chi connectivity index (χ0v) is 9.79. The van der Waals surface area contributed by atoms with E-state index in [9.17, 15) is 13.2 Å². The first-order chi connectivity index (χ1) is 8.39. The van der Waals surface area contributed by atoms with Crippen LogP contribution >= 0.6 is 12.2 Å². The van der Waals surface area contributed by atoms with Crippen LogP contribution in [0.3, 0.4) is 0 Å². The number of imidazole rings is 1. The molecule has 7 heteroatoms. The standard InChI is InChI=1S/C11H8F3N3S/c12-11(13,14)7-1-2-9(8(5-7)10(15)18)17-4-3-16-6-17/h1-6H,(H2,15,18). The molecule has 1 heterocycles. The number of aromatic nitrogens is 2. The molecule has 0 bridgehead atoms. The van der Waals surface area contributed by atoms with Crippen LogP contribution in [0.1, 0.15) is 11.1 Å². The average Bonchev–Trinajstić information content (AvgIpc) is 2.80. The highest BCUT2D eigenvalue weighted by Gasteiger charge is 2.31. The summed E-state index contributed by atoms with van der Waals surface area (Å²) in [5, 5.41) is 0. The Bertz CT molecular complexity index is 576. The van der Waals surface area contributed by atoms with Gasteiger partial charge in [-0.1, -0.05) is 12.2 Å². The highest BCUT2D eigenvalue weighted by atomic mass is 32.1. The van der Waals surface area contributed by atoms with Crippen LogP contribution in [0.2, 0.25) is 0 Å². The predicted molar refractivity (Wildman–Crippen MR) is 64.5 cm³/mol. The van der Waals surface area contributed by atoms with E-state index in [1.165, 1.54) is 18.6 Å². The van der Waals surface area contributed by atoms with Crippen LogP contribution in [0.25, 0.3) is 5.69 Å². The molecule has 2 N–H and O–H groups in total. The molecule has 94 valence electrons. The first-order valence-electron chi connectivity index (χ1n) is 4.89. The molecule has 0 amide bonds. The van der Waals surface area contributed by atoms with E-state index < -0.39 is 11.7 Å². The highest BCUT2D eigenvalue weighted by Crippen LogP contribution is 2.31. The summed E-state index contributed by atoms with van der Waals surface area (Å²) in [6.07, 6.45) is 0.156. The third-order valence-corrected chi connectivity index (χ3v) is 2.59. The maximum Gasteiger partial charge on any atom is 0.416 e. The summed E-state index contributed by atoms with van der Waals surface area (Å²) in [7, 11) is 0. The lowest BCUT2D eigenvalue weighted by atomic mass is 10.1. The number of benzene rings is 1. The third-order valence-electron chi connectivity index (χ3n) is 2.37. The fraction of sp³-hybridized carbons (Fsp3) is 0.0909. The number of hydrogen-bond donors (Lipinski definition) is 1. The Morgan fingerprint density at radius 2 is 2.06 bits per heavy atom. The van der Waals surface area contributed by atoms with Gasteiger partial charge in [0.25, 0.3) is 0 Å². The maximum atomic E-state index is 12.6. The van der Waals surface area contributed by atoms with Crippen molar-refractivity contribution in [2.45, 2.75) is 6.18 Å². The first kappa shape index (κ1) is 12.6. The molecule has 0 saturated heterocycles. The Labute approximate surface area is 106 Å². The lowest BCUT2D eigenvalue weighted by Crippen LogP contribution is -2.15. The zero-order valence-electron chi connectivity index (χ0n) is 8.98. The van der Waals surface area contributed by atoms with Gasteiger partial charge in [0.05, 0.1) is 17.6 Å². The van der Waals surface area contributed by atoms with Crippen LogP contribution in [-0.4, -0.2) is 14.5 Å². The van der Waals surface area contributed by atoms with Gasteiger partial charge in [-0.25, -0.2) is 4.98 Å². The van der Waals surface area contributed by atoms with E-state index in [4.69, 9.17) is 18.0 Å². The van der Waals surface area contributed by atoms with E-state index in [-0.39, 0.29) is 10.6 Å². The molecule has 0 fully saturated rings. The Balaban J connectivity index is 2.59. The molecule has 18 heavy (non-hydrogen) atoms. The quantitative estimate of drug-likeness (QED) is 0.854. The molecule has 3 nitrogen and oxygen atoms in total. The van der Waals surface area contributed by atoms with Gasteiger partial charge < -0.3 is 10.3 Å². The van der Waals surface area contributed by atoms with Gasteiger partial charge in [0, 0.05) is 18.0 Å². The summed E-state index contributed by atoms with van der Waals surface area (Å²) >= 11 is 4.78. The number of rotatable bonds is 2. The molecular weight excluding hydrogens is 263 g/mol. The van der Waals surface area contributed by atoms with Gasteiger partial charge >= 0.3 is 6.18 Å². The van der Waals surface area contributed by atoms with Gasteiger partial charge in [-0.05, 0) is 18.2 Å². The lowest BCUT2D eigenvalue weighted by Gasteiger charge is -2.13. The third kappa shape index (κ3) is 2.35. The van der Waals surface area contributed by atoms with Gasteiger partial charge in [0.1, 0.15) is 4.99 Å². The second kappa shape index (κ2) is 4.41. The fourth-order valence-corrected chi connectivity index (χ4v) is 1.70. The second-order valence-electron chi connectivity index (χ2n) is 3.56. The Morgan fingerprint density at radius 1 is 1.33 bits per heavy atom. The van der Waals surface area contributed by atoms with Gasteiger partial charge in [0.15, 0.2) is 0 Å². The van der Waals surface area contributed by atoms with Crippen LogP contribution in [-0.2, 0) is 6.18 Å². The van der Waals surface area contributed by atoms with Crippen molar-refractivity contribution in [3.63, 3.8) is 0 Å². The Morgan fingerprint density at radius 3 is 2.56 bits per heavy atom. The number of thiocarbonyl (C=S) groups is 1. The molecule has 1 aromatic carbocycles. The Hall–Kier alpha value is -1.89. The molecule has 0 aliphatic heterocycles. The van der Waals surface area contributed by atoms with E-state index >= 15 is 0 Å². The molecule has 0 aliphatic carbocycles. The van der Waals surface area contributed by atoms with Crippen LogP contribution in [0, 0.1) is 0 Å². The molecule has 0 atom stereocenters. The molecule has 0 unspecified atom stereocenters. The molecule has 2 rings (SSSR count). The van der Waals surface area contributed by atoms with E-state index in [1.54, 1.807) is 10.8 Å². The molecule has 1 aromatic heterocycles. The number of hydrogen-bond acceptors (Lipinski definition) is 2. The molecular formula is C11H8F3N3S. The molecule has 0 spiro atoms. The van der Waals surface area contributed by atoms with Gasteiger partial charge in [0.2, 0.25) is 0 Å². The van der Waals surface area contributed by atoms with E-state index in [0.717, 1.165) is 12.1 Å². The number of nitrogens with zero attached hydrogens (tertiary/aromatic N) is 2. The lowest BCUT2D eigenvalue weighted by molar-refractivity contribution is -0.137. The number of alkyl halides is 3. The van der Waals surface area contributed by atoms with Gasteiger partial charge in [-0.2, -0.15) is 13.2 Å². The smallest absolute Gasteiger partial charge is 0.389 e. The summed E-state index contributed by atoms with van der Waals surface area (Å²) in [6.45, 7) is 0. The van der Waals surface area contributed by atoms with Crippen molar-refractivity contribution in [2.24, 2.45) is 5.73 Å². The molecule has 0 saturated carbocycles. The summed E-state index contributed by atoms with van der Waals surface area (Å²) in [5.74, 6) is 0. The topological polar surface area (TPSA) is 43.8 Å². The van der Waals surface area contributed by atoms with Crippen molar-refractivity contribution < 1.29 is 13.2 Å². The minimum absolute atomic E-state index is 0.0928. The monoisotopic (exact) mass is 271 g/mol. The minimum atomic E-state index is -4.42. The normalized spacial score (nSPS) is 11.5. The largest absolute Gasteiger partial charge is 0.416 e. The zero-order chi connectivity index (χ0) is 13.3. The van der Waals surface area contributed by atoms with Crippen LogP contribution in [0.5, 0.6) is 0 Å². The summed E-state index contributed by atoms with van der Waals surface area (Å²) in [5.41, 5.74) is 5.31. The van der Waals surface area contributed by atoms with Crippen LogP contribution < -0.4 is 5.73 Å². The van der Waals surface area contributed by atoms with Crippen molar-refractivity contribution in [1.29, 1.82) is 0 Å². The first-order valence-corrected chi connectivity index (χ1v) is 5.30. The Kier molecular flexibility index (Phi) is 3.08. The van der Waals surface area contributed by atoms with E-state index in [1.807, 2.05) is 0 Å². The second-order valence-corrected chi connectivity index (χ2v) is 4.00. The van der Waals surface area contributed by atoms with Crippen molar-refractivity contribution in [3.8, 4) is 5.69 Å². The van der Waals surface area contributed by atoms with Crippen molar-refractivity contribution in [1.82, 2.24) is 9.55 Å². The predicted octanol–water partition coefficient (Wildman–Crippen LogP) is 2.53. The minimum Gasteiger partial charge on any atom is -0.389 e. The van der Waals surface area contributed by atoms with Crippen molar-refractivity contribution in [2.75, 3.05) is 0 Å². The average molecular weight is 271 g/mol. The fourth-order valence-electron chi connectivity index (χ4n) is 1.54. The highest BCUT2D eigenvalue weighted by molar-refractivity contribution is 7.80. The van der Waals surface area contributed by atoms with E-state index in [0.29, 0.717) is 5.69 Å². The summed E-state index contributed by atoms with van der Waals surface area (Å²) < 4.78 is 39.4. The van der Waals surface area contributed by atoms with Gasteiger partial charge in [-0.3, -0.25) is 0 Å². The van der Waals surface area contributed by atoms with Gasteiger partial charge in [-0.15, -0.1) is 0 Å².